The average Bonchev–Trinajstić information content (AvgIpc) is 2.88. The molecule has 0 radical (unpaired) electrons. The van der Waals surface area contributed by atoms with Crippen molar-refractivity contribution in [2.75, 3.05) is 33.2 Å². The van der Waals surface area contributed by atoms with E-state index in [9.17, 15) is 5.11 Å². The predicted octanol–water partition coefficient (Wildman–Crippen LogP) is 2.48. The van der Waals surface area contributed by atoms with Gasteiger partial charge in [0.2, 0.25) is 0 Å². The third-order valence-electron chi connectivity index (χ3n) is 3.98. The summed E-state index contributed by atoms with van der Waals surface area (Å²) in [5.74, 6) is 0.354. The molecule has 1 aromatic carbocycles. The minimum Gasteiger partial charge on any atom is -0.508 e. The van der Waals surface area contributed by atoms with Crippen LogP contribution < -0.4 is 0 Å². The third-order valence-corrected chi connectivity index (χ3v) is 3.98. The Morgan fingerprint density at radius 3 is 2.72 bits per heavy atom. The van der Waals surface area contributed by atoms with Gasteiger partial charge in [-0.25, -0.2) is 0 Å². The summed E-state index contributed by atoms with van der Waals surface area (Å²) in [4.78, 5) is 4.89. The molecule has 0 amide bonds. The first-order valence-electron chi connectivity index (χ1n) is 6.88. The number of likely N-dealkylation sites (tertiary alicyclic amines) is 1. The largest absolute Gasteiger partial charge is 0.508 e. The van der Waals surface area contributed by atoms with Crippen molar-refractivity contribution in [2.24, 2.45) is 0 Å². The van der Waals surface area contributed by atoms with E-state index >= 15 is 0 Å². The fraction of sp³-hybridized carbons (Fsp3) is 0.600. The van der Waals surface area contributed by atoms with Crippen molar-refractivity contribution >= 4 is 0 Å². The summed E-state index contributed by atoms with van der Waals surface area (Å²) in [5.41, 5.74) is 1.18. The van der Waals surface area contributed by atoms with Gasteiger partial charge in [0.05, 0.1) is 0 Å². The van der Waals surface area contributed by atoms with E-state index in [-0.39, 0.29) is 0 Å². The van der Waals surface area contributed by atoms with Gasteiger partial charge in [-0.2, -0.15) is 0 Å². The highest BCUT2D eigenvalue weighted by molar-refractivity contribution is 5.29. The number of hydrogen-bond donors (Lipinski definition) is 1. The topological polar surface area (TPSA) is 26.7 Å². The van der Waals surface area contributed by atoms with E-state index in [2.05, 4.69) is 29.8 Å². The molecule has 1 aliphatic rings. The van der Waals surface area contributed by atoms with Crippen molar-refractivity contribution in [3.05, 3.63) is 29.8 Å². The van der Waals surface area contributed by atoms with Crippen LogP contribution in [0.15, 0.2) is 24.3 Å². The number of likely N-dealkylation sites (N-methyl/N-ethyl adjacent to an activating group) is 1. The summed E-state index contributed by atoms with van der Waals surface area (Å²) >= 11 is 0. The van der Waals surface area contributed by atoms with Crippen LogP contribution in [-0.2, 0) is 0 Å². The van der Waals surface area contributed by atoms with E-state index in [1.54, 1.807) is 6.07 Å². The van der Waals surface area contributed by atoms with Crippen LogP contribution in [0, 0.1) is 0 Å². The number of aromatic hydroxyl groups is 1. The molecule has 1 fully saturated rings. The highest BCUT2D eigenvalue weighted by atomic mass is 16.3. The average molecular weight is 248 g/mol. The van der Waals surface area contributed by atoms with Gasteiger partial charge in [-0.1, -0.05) is 12.1 Å². The lowest BCUT2D eigenvalue weighted by atomic mass is 10.1. The summed E-state index contributed by atoms with van der Waals surface area (Å²) in [6.45, 7) is 6.94. The van der Waals surface area contributed by atoms with E-state index in [4.69, 9.17) is 0 Å². The maximum Gasteiger partial charge on any atom is 0.115 e. The summed E-state index contributed by atoms with van der Waals surface area (Å²) in [5, 5.41) is 9.52. The number of phenols is 1. The Balaban J connectivity index is 1.85. The summed E-state index contributed by atoms with van der Waals surface area (Å²) in [7, 11) is 2.16. The number of nitrogens with zero attached hydrogens (tertiary/aromatic N) is 2. The van der Waals surface area contributed by atoms with Gasteiger partial charge in [-0.3, -0.25) is 4.90 Å². The Morgan fingerprint density at radius 2 is 2.06 bits per heavy atom. The molecule has 2 rings (SSSR count). The van der Waals surface area contributed by atoms with Crippen LogP contribution in [0.2, 0.25) is 0 Å². The minimum atomic E-state index is 0.347. The second-order valence-corrected chi connectivity index (χ2v) is 5.30. The molecule has 1 aromatic rings. The smallest absolute Gasteiger partial charge is 0.115 e. The zero-order chi connectivity index (χ0) is 13.0. The Bertz CT molecular complexity index is 375. The number of hydrogen-bond acceptors (Lipinski definition) is 3. The van der Waals surface area contributed by atoms with Gasteiger partial charge in [-0.05, 0) is 57.6 Å². The van der Waals surface area contributed by atoms with Gasteiger partial charge in [-0.15, -0.1) is 0 Å². The fourth-order valence-corrected chi connectivity index (χ4v) is 2.54. The Labute approximate surface area is 110 Å². The van der Waals surface area contributed by atoms with E-state index in [1.165, 1.54) is 31.5 Å². The molecule has 3 nitrogen and oxygen atoms in total. The van der Waals surface area contributed by atoms with Gasteiger partial charge in [0.15, 0.2) is 0 Å². The quantitative estimate of drug-likeness (QED) is 0.867. The standard InChI is InChI=1S/C15H24N2O/c1-13(14-6-5-7-15(18)12-14)16(2)10-11-17-8-3-4-9-17/h5-7,12-13,18H,3-4,8-11H2,1-2H3. The minimum absolute atomic E-state index is 0.347. The summed E-state index contributed by atoms with van der Waals surface area (Å²) in [6.07, 6.45) is 2.71. The molecule has 0 spiro atoms. The van der Waals surface area contributed by atoms with Crippen LogP contribution in [0.1, 0.15) is 31.4 Å². The van der Waals surface area contributed by atoms with Crippen LogP contribution in [0.25, 0.3) is 0 Å². The molecule has 3 heteroatoms. The van der Waals surface area contributed by atoms with Crippen LogP contribution in [0.4, 0.5) is 0 Å². The first-order valence-corrected chi connectivity index (χ1v) is 6.88. The third kappa shape index (κ3) is 3.47. The zero-order valence-corrected chi connectivity index (χ0v) is 11.5. The van der Waals surface area contributed by atoms with Crippen LogP contribution in [0.5, 0.6) is 5.75 Å². The highest BCUT2D eigenvalue weighted by Crippen LogP contribution is 2.22. The molecule has 100 valence electrons. The van der Waals surface area contributed by atoms with E-state index in [0.29, 0.717) is 11.8 Å². The molecule has 1 saturated heterocycles. The molecule has 1 aliphatic heterocycles. The number of phenolic OH excluding ortho intramolecular Hbond substituents is 1. The van der Waals surface area contributed by atoms with Crippen molar-refractivity contribution in [3.8, 4) is 5.75 Å². The molecule has 0 saturated carbocycles. The van der Waals surface area contributed by atoms with Crippen molar-refractivity contribution in [3.63, 3.8) is 0 Å². The van der Waals surface area contributed by atoms with Gasteiger partial charge >= 0.3 is 0 Å². The number of rotatable bonds is 5. The summed E-state index contributed by atoms with van der Waals surface area (Å²) in [6, 6.07) is 7.92. The first kappa shape index (κ1) is 13.4. The van der Waals surface area contributed by atoms with Gasteiger partial charge < -0.3 is 10.0 Å². The maximum absolute atomic E-state index is 9.52. The Kier molecular flexibility index (Phi) is 4.61. The zero-order valence-electron chi connectivity index (χ0n) is 11.5. The van der Waals surface area contributed by atoms with Gasteiger partial charge in [0.25, 0.3) is 0 Å². The number of benzene rings is 1. The Morgan fingerprint density at radius 1 is 1.33 bits per heavy atom. The van der Waals surface area contributed by atoms with Crippen LogP contribution in [-0.4, -0.2) is 48.1 Å². The molecule has 0 aromatic heterocycles. The monoisotopic (exact) mass is 248 g/mol. The molecule has 0 aliphatic carbocycles. The molecule has 1 atom stereocenters. The molecule has 1 heterocycles. The van der Waals surface area contributed by atoms with Crippen molar-refractivity contribution in [1.82, 2.24) is 9.80 Å². The molecule has 0 bridgehead atoms. The lowest BCUT2D eigenvalue weighted by molar-refractivity contribution is 0.216. The summed E-state index contributed by atoms with van der Waals surface area (Å²) < 4.78 is 0. The molecule has 1 unspecified atom stereocenters. The second kappa shape index (κ2) is 6.21. The van der Waals surface area contributed by atoms with Crippen LogP contribution >= 0.6 is 0 Å². The molecule has 1 N–H and O–H groups in total. The lowest BCUT2D eigenvalue weighted by Gasteiger charge is -2.27. The SMILES string of the molecule is CC(c1cccc(O)c1)N(C)CCN1CCCC1. The van der Waals surface area contributed by atoms with Gasteiger partial charge in [0.1, 0.15) is 5.75 Å². The second-order valence-electron chi connectivity index (χ2n) is 5.30. The Hall–Kier alpha value is -1.06. The van der Waals surface area contributed by atoms with Crippen molar-refractivity contribution < 1.29 is 5.11 Å². The van der Waals surface area contributed by atoms with E-state index < -0.39 is 0 Å². The maximum atomic E-state index is 9.52. The van der Waals surface area contributed by atoms with E-state index in [0.717, 1.165) is 13.1 Å². The predicted molar refractivity (Wildman–Crippen MR) is 74.8 cm³/mol. The van der Waals surface area contributed by atoms with Crippen molar-refractivity contribution in [2.45, 2.75) is 25.8 Å². The molecular formula is C15H24N2O. The first-order chi connectivity index (χ1) is 8.66. The molecular weight excluding hydrogens is 224 g/mol. The van der Waals surface area contributed by atoms with Gasteiger partial charge in [0, 0.05) is 19.1 Å². The fourth-order valence-electron chi connectivity index (χ4n) is 2.54. The lowest BCUT2D eigenvalue weighted by Crippen LogP contribution is -2.32. The molecule has 18 heavy (non-hydrogen) atoms. The highest BCUT2D eigenvalue weighted by Gasteiger charge is 2.15. The van der Waals surface area contributed by atoms with Crippen LogP contribution in [0.3, 0.4) is 0 Å². The van der Waals surface area contributed by atoms with Crippen molar-refractivity contribution in [1.29, 1.82) is 0 Å². The normalized spacial score (nSPS) is 18.4. The van der Waals surface area contributed by atoms with E-state index in [1.807, 2.05) is 12.1 Å².